The number of Topliss-reactive ketones (excluding diaryl/α,β-unsaturated/α-hetero) is 1. The molecule has 1 saturated heterocycles. The van der Waals surface area contributed by atoms with Gasteiger partial charge in [0.1, 0.15) is 17.0 Å². The Bertz CT molecular complexity index is 1160. The van der Waals surface area contributed by atoms with Gasteiger partial charge in [-0.3, -0.25) is 9.69 Å². The van der Waals surface area contributed by atoms with Crippen molar-refractivity contribution in [2.24, 2.45) is 7.05 Å². The zero-order valence-corrected chi connectivity index (χ0v) is 25.0. The minimum absolute atomic E-state index is 0.0449. The Morgan fingerprint density at radius 2 is 1.84 bits per heavy atom. The molecule has 0 saturated carbocycles. The monoisotopic (exact) mass is 530 g/mol. The molecule has 3 heterocycles. The number of carbonyl (C=O) groups is 2. The maximum atomic E-state index is 13.1. The molecular weight excluding hydrogens is 484 g/mol. The predicted octanol–water partition coefficient (Wildman–Crippen LogP) is 5.78. The Hall–Kier alpha value is -2.52. The summed E-state index contributed by atoms with van der Waals surface area (Å²) in [6.45, 7) is 20.0. The van der Waals surface area contributed by atoms with Gasteiger partial charge in [-0.05, 0) is 67.4 Å². The Balaban J connectivity index is 1.73. The Morgan fingerprint density at radius 3 is 2.42 bits per heavy atom. The molecule has 0 N–H and O–H groups in total. The number of rotatable bonds is 8. The van der Waals surface area contributed by atoms with Crippen molar-refractivity contribution in [2.45, 2.75) is 123 Å². The third-order valence-corrected chi connectivity index (χ3v) is 6.66. The molecule has 0 radical (unpaired) electrons. The SMILES string of the molecule is CC(C)O[C@H](CCCC(=O)c1ncc2cc(C(C)(C)C)n(C)c2n1)[C@@H]1COC(C)(C)N1C(=O)OC(C)(C)C. The van der Waals surface area contributed by atoms with E-state index in [2.05, 4.69) is 36.8 Å². The Morgan fingerprint density at radius 1 is 1.18 bits per heavy atom. The van der Waals surface area contributed by atoms with Crippen LogP contribution in [0.2, 0.25) is 0 Å². The molecule has 1 fully saturated rings. The van der Waals surface area contributed by atoms with Gasteiger partial charge >= 0.3 is 6.09 Å². The number of hydrogen-bond acceptors (Lipinski definition) is 7. The van der Waals surface area contributed by atoms with Crippen molar-refractivity contribution in [1.82, 2.24) is 19.4 Å². The van der Waals surface area contributed by atoms with Gasteiger partial charge in [0.2, 0.25) is 0 Å². The summed E-state index contributed by atoms with van der Waals surface area (Å²) in [5.74, 6) is 0.113. The smallest absolute Gasteiger partial charge is 0.412 e. The summed E-state index contributed by atoms with van der Waals surface area (Å²) in [5, 5.41) is 0.922. The summed E-state index contributed by atoms with van der Waals surface area (Å²) in [6, 6.07) is 1.75. The van der Waals surface area contributed by atoms with Crippen molar-refractivity contribution in [3.63, 3.8) is 0 Å². The second-order valence-corrected chi connectivity index (χ2v) is 13.0. The van der Waals surface area contributed by atoms with E-state index in [0.29, 0.717) is 19.4 Å². The quantitative estimate of drug-likeness (QED) is 0.399. The molecule has 2 aromatic rings. The lowest BCUT2D eigenvalue weighted by Crippen LogP contribution is -2.54. The predicted molar refractivity (Wildman–Crippen MR) is 147 cm³/mol. The van der Waals surface area contributed by atoms with E-state index in [-0.39, 0.29) is 41.7 Å². The number of aromatic nitrogens is 3. The largest absolute Gasteiger partial charge is 0.444 e. The second-order valence-electron chi connectivity index (χ2n) is 13.0. The molecule has 1 aliphatic heterocycles. The van der Waals surface area contributed by atoms with E-state index in [0.717, 1.165) is 16.7 Å². The fourth-order valence-electron chi connectivity index (χ4n) is 5.01. The lowest BCUT2D eigenvalue weighted by molar-refractivity contribution is -0.0795. The maximum Gasteiger partial charge on any atom is 0.412 e. The zero-order valence-electron chi connectivity index (χ0n) is 25.0. The van der Waals surface area contributed by atoms with E-state index in [1.165, 1.54) is 0 Å². The first-order valence-corrected chi connectivity index (χ1v) is 13.6. The molecule has 38 heavy (non-hydrogen) atoms. The first-order chi connectivity index (χ1) is 17.4. The van der Waals surface area contributed by atoms with E-state index < -0.39 is 17.4 Å². The van der Waals surface area contributed by atoms with Crippen LogP contribution in [0.3, 0.4) is 0 Å². The van der Waals surface area contributed by atoms with E-state index in [1.807, 2.05) is 60.1 Å². The van der Waals surface area contributed by atoms with Gasteiger partial charge in [0.15, 0.2) is 11.6 Å². The van der Waals surface area contributed by atoms with Crippen molar-refractivity contribution in [2.75, 3.05) is 6.61 Å². The highest BCUT2D eigenvalue weighted by Crippen LogP contribution is 2.34. The van der Waals surface area contributed by atoms with E-state index in [9.17, 15) is 9.59 Å². The summed E-state index contributed by atoms with van der Waals surface area (Å²) in [4.78, 5) is 36.8. The molecule has 9 heteroatoms. The van der Waals surface area contributed by atoms with E-state index >= 15 is 0 Å². The van der Waals surface area contributed by atoms with Crippen molar-refractivity contribution in [3.8, 4) is 0 Å². The van der Waals surface area contributed by atoms with Gasteiger partial charge in [0, 0.05) is 36.2 Å². The van der Waals surface area contributed by atoms with Crippen LogP contribution in [0.5, 0.6) is 0 Å². The van der Waals surface area contributed by atoms with Gasteiger partial charge in [-0.25, -0.2) is 14.8 Å². The molecule has 0 aliphatic carbocycles. The third-order valence-electron chi connectivity index (χ3n) is 6.66. The van der Waals surface area contributed by atoms with E-state index in [4.69, 9.17) is 14.2 Å². The summed E-state index contributed by atoms with van der Waals surface area (Å²) >= 11 is 0. The van der Waals surface area contributed by atoms with Crippen LogP contribution in [0.25, 0.3) is 11.0 Å². The van der Waals surface area contributed by atoms with Gasteiger partial charge in [-0.15, -0.1) is 0 Å². The van der Waals surface area contributed by atoms with Crippen LogP contribution in [0.4, 0.5) is 4.79 Å². The van der Waals surface area contributed by atoms with Gasteiger partial charge in [-0.1, -0.05) is 20.8 Å². The summed E-state index contributed by atoms with van der Waals surface area (Å²) in [7, 11) is 1.97. The number of ether oxygens (including phenoxy) is 3. The molecule has 1 amide bonds. The minimum atomic E-state index is -0.828. The molecule has 0 aromatic carbocycles. The van der Waals surface area contributed by atoms with Crippen LogP contribution in [-0.2, 0) is 26.7 Å². The van der Waals surface area contributed by atoms with Gasteiger partial charge in [-0.2, -0.15) is 0 Å². The van der Waals surface area contributed by atoms with Crippen LogP contribution in [0, 0.1) is 0 Å². The molecule has 2 atom stereocenters. The van der Waals surface area contributed by atoms with Crippen molar-refractivity contribution in [3.05, 3.63) is 23.8 Å². The molecular formula is C29H46N4O5. The average molecular weight is 531 g/mol. The number of aryl methyl sites for hydroxylation is 1. The molecule has 0 spiro atoms. The molecule has 1 aliphatic rings. The van der Waals surface area contributed by atoms with Gasteiger partial charge in [0.05, 0.1) is 24.9 Å². The number of hydrogen-bond donors (Lipinski definition) is 0. The molecule has 212 valence electrons. The Labute approximate surface area is 227 Å². The molecule has 0 bridgehead atoms. The maximum absolute atomic E-state index is 13.1. The standard InChI is InChI=1S/C29H46N4O5/c1-18(2)37-22(20-17-36-29(9,10)33(20)26(35)38-28(6,7)8)14-12-13-21(34)24-30-16-19-15-23(27(3,4)5)32(11)25(19)31-24/h15-16,18,20,22H,12-14,17H2,1-11H3/t20-,22+/m0/s1. The normalized spacial score (nSPS) is 18.8. The van der Waals surface area contributed by atoms with Crippen LogP contribution < -0.4 is 0 Å². The van der Waals surface area contributed by atoms with Crippen molar-refractivity contribution < 1.29 is 23.8 Å². The highest BCUT2D eigenvalue weighted by Gasteiger charge is 2.49. The van der Waals surface area contributed by atoms with Gasteiger partial charge < -0.3 is 18.8 Å². The number of ketones is 1. The molecule has 2 aromatic heterocycles. The highest BCUT2D eigenvalue weighted by atomic mass is 16.6. The zero-order chi connectivity index (χ0) is 28.6. The van der Waals surface area contributed by atoms with Crippen LogP contribution in [0.15, 0.2) is 12.3 Å². The summed E-state index contributed by atoms with van der Waals surface area (Å²) in [5.41, 5.74) is 0.389. The number of amides is 1. The van der Waals surface area contributed by atoms with Crippen LogP contribution in [-0.4, -0.2) is 67.5 Å². The summed E-state index contributed by atoms with van der Waals surface area (Å²) in [6.07, 6.45) is 2.35. The van der Waals surface area contributed by atoms with Crippen molar-refractivity contribution in [1.29, 1.82) is 0 Å². The topological polar surface area (TPSA) is 95.8 Å². The second kappa shape index (κ2) is 10.9. The average Bonchev–Trinajstić information content (AvgIpc) is 3.27. The van der Waals surface area contributed by atoms with Gasteiger partial charge in [0.25, 0.3) is 0 Å². The lowest BCUT2D eigenvalue weighted by Gasteiger charge is -2.38. The fraction of sp³-hybridized carbons (Fsp3) is 0.724. The van der Waals surface area contributed by atoms with E-state index in [1.54, 1.807) is 11.1 Å². The molecule has 9 nitrogen and oxygen atoms in total. The Kier molecular flexibility index (Phi) is 8.63. The van der Waals surface area contributed by atoms with Crippen molar-refractivity contribution >= 4 is 22.9 Å². The highest BCUT2D eigenvalue weighted by molar-refractivity contribution is 5.94. The first kappa shape index (κ1) is 30.0. The number of fused-ring (bicyclic) bond motifs is 1. The molecule has 3 rings (SSSR count). The number of carbonyl (C=O) groups excluding carboxylic acids is 2. The minimum Gasteiger partial charge on any atom is -0.444 e. The number of nitrogens with zero attached hydrogens (tertiary/aromatic N) is 4. The van der Waals surface area contributed by atoms with Crippen LogP contribution in [0.1, 0.15) is 105 Å². The third kappa shape index (κ3) is 6.91. The lowest BCUT2D eigenvalue weighted by atomic mass is 9.92. The van der Waals surface area contributed by atoms with Crippen LogP contribution >= 0.6 is 0 Å². The first-order valence-electron chi connectivity index (χ1n) is 13.6. The fourth-order valence-corrected chi connectivity index (χ4v) is 5.01. The molecule has 0 unspecified atom stereocenters. The summed E-state index contributed by atoms with van der Waals surface area (Å²) < 4.78 is 20.0.